The van der Waals surface area contributed by atoms with Crippen LogP contribution in [0.3, 0.4) is 0 Å². The SMILES string of the molecule is Cc1ccc(NC(=O)N2CCC(CC(=O)O)CC2)cc1C. The summed E-state index contributed by atoms with van der Waals surface area (Å²) in [5.74, 6) is -0.568. The molecule has 0 radical (unpaired) electrons. The Morgan fingerprint density at radius 1 is 1.24 bits per heavy atom. The number of urea groups is 1. The van der Waals surface area contributed by atoms with Crippen molar-refractivity contribution in [3.63, 3.8) is 0 Å². The Kier molecular flexibility index (Phi) is 4.83. The highest BCUT2D eigenvalue weighted by atomic mass is 16.4. The second-order valence-corrected chi connectivity index (χ2v) is 5.76. The summed E-state index contributed by atoms with van der Waals surface area (Å²) in [6, 6.07) is 5.75. The molecule has 0 unspecified atom stereocenters. The lowest BCUT2D eigenvalue weighted by atomic mass is 9.94. The van der Waals surface area contributed by atoms with Crippen LogP contribution in [0.15, 0.2) is 18.2 Å². The van der Waals surface area contributed by atoms with Gasteiger partial charge in [-0.2, -0.15) is 0 Å². The van der Waals surface area contributed by atoms with Gasteiger partial charge in [0.2, 0.25) is 0 Å². The number of aryl methyl sites for hydroxylation is 2. The molecule has 2 amide bonds. The molecular weight excluding hydrogens is 268 g/mol. The van der Waals surface area contributed by atoms with E-state index in [1.165, 1.54) is 5.56 Å². The first-order valence-corrected chi connectivity index (χ1v) is 7.30. The highest BCUT2D eigenvalue weighted by molar-refractivity contribution is 5.89. The van der Waals surface area contributed by atoms with E-state index in [0.29, 0.717) is 13.1 Å². The predicted octanol–water partition coefficient (Wildman–Crippen LogP) is 3.02. The Balaban J connectivity index is 1.87. The number of likely N-dealkylation sites (tertiary alicyclic amines) is 1. The molecule has 1 aliphatic rings. The van der Waals surface area contributed by atoms with Crippen molar-refractivity contribution in [1.82, 2.24) is 4.90 Å². The van der Waals surface area contributed by atoms with E-state index in [1.807, 2.05) is 32.0 Å². The molecule has 1 aromatic carbocycles. The number of nitrogens with zero attached hydrogens (tertiary/aromatic N) is 1. The summed E-state index contributed by atoms with van der Waals surface area (Å²) in [4.78, 5) is 24.6. The van der Waals surface area contributed by atoms with Crippen molar-refractivity contribution in [2.45, 2.75) is 33.1 Å². The topological polar surface area (TPSA) is 69.6 Å². The zero-order valence-corrected chi connectivity index (χ0v) is 12.6. The normalized spacial score (nSPS) is 15.8. The van der Waals surface area contributed by atoms with E-state index in [0.717, 1.165) is 24.1 Å². The fourth-order valence-corrected chi connectivity index (χ4v) is 2.61. The molecule has 5 nitrogen and oxygen atoms in total. The van der Waals surface area contributed by atoms with E-state index in [2.05, 4.69) is 5.32 Å². The molecule has 1 heterocycles. The van der Waals surface area contributed by atoms with E-state index in [1.54, 1.807) is 4.90 Å². The van der Waals surface area contributed by atoms with Crippen LogP contribution < -0.4 is 5.32 Å². The largest absolute Gasteiger partial charge is 0.481 e. The molecule has 21 heavy (non-hydrogen) atoms. The Morgan fingerprint density at radius 2 is 1.90 bits per heavy atom. The number of nitrogens with one attached hydrogen (secondary N) is 1. The van der Waals surface area contributed by atoms with E-state index in [4.69, 9.17) is 5.11 Å². The lowest BCUT2D eigenvalue weighted by Gasteiger charge is -2.31. The molecule has 0 spiro atoms. The predicted molar refractivity (Wildman–Crippen MR) is 81.5 cm³/mol. The molecule has 0 aliphatic carbocycles. The van der Waals surface area contributed by atoms with Gasteiger partial charge < -0.3 is 15.3 Å². The average molecular weight is 290 g/mol. The highest BCUT2D eigenvalue weighted by Crippen LogP contribution is 2.21. The van der Waals surface area contributed by atoms with Crippen LogP contribution >= 0.6 is 0 Å². The van der Waals surface area contributed by atoms with Gasteiger partial charge in [0.15, 0.2) is 0 Å². The molecule has 2 rings (SSSR count). The van der Waals surface area contributed by atoms with Crippen molar-refractivity contribution in [2.24, 2.45) is 5.92 Å². The summed E-state index contributed by atoms with van der Waals surface area (Å²) in [6.07, 6.45) is 1.71. The number of carboxylic acids is 1. The second-order valence-electron chi connectivity index (χ2n) is 5.76. The van der Waals surface area contributed by atoms with Crippen LogP contribution in [0.2, 0.25) is 0 Å². The van der Waals surface area contributed by atoms with Gasteiger partial charge in [0.1, 0.15) is 0 Å². The zero-order chi connectivity index (χ0) is 15.4. The van der Waals surface area contributed by atoms with Crippen LogP contribution in [-0.4, -0.2) is 35.1 Å². The molecule has 114 valence electrons. The van der Waals surface area contributed by atoms with Crippen LogP contribution in [0.25, 0.3) is 0 Å². The molecule has 2 N–H and O–H groups in total. The number of carbonyl (C=O) groups excluding carboxylic acids is 1. The molecule has 1 saturated heterocycles. The molecule has 0 saturated carbocycles. The maximum absolute atomic E-state index is 12.2. The summed E-state index contributed by atoms with van der Waals surface area (Å²) < 4.78 is 0. The van der Waals surface area contributed by atoms with Crippen molar-refractivity contribution >= 4 is 17.7 Å². The van der Waals surface area contributed by atoms with Crippen LogP contribution in [0.1, 0.15) is 30.4 Å². The van der Waals surface area contributed by atoms with E-state index in [9.17, 15) is 9.59 Å². The van der Waals surface area contributed by atoms with Crippen molar-refractivity contribution in [3.05, 3.63) is 29.3 Å². The minimum Gasteiger partial charge on any atom is -0.481 e. The van der Waals surface area contributed by atoms with Crippen molar-refractivity contribution in [2.75, 3.05) is 18.4 Å². The number of amides is 2. The minimum atomic E-state index is -0.756. The van der Waals surface area contributed by atoms with Crippen LogP contribution in [0, 0.1) is 19.8 Å². The number of rotatable bonds is 3. The summed E-state index contributed by atoms with van der Waals surface area (Å²) in [5, 5.41) is 11.7. The third kappa shape index (κ3) is 4.21. The molecule has 1 fully saturated rings. The van der Waals surface area contributed by atoms with Gasteiger partial charge in [0.25, 0.3) is 0 Å². The monoisotopic (exact) mass is 290 g/mol. The summed E-state index contributed by atoms with van der Waals surface area (Å²) in [5.41, 5.74) is 3.14. The summed E-state index contributed by atoms with van der Waals surface area (Å²) in [7, 11) is 0. The van der Waals surface area contributed by atoms with Gasteiger partial charge in [-0.25, -0.2) is 4.79 Å². The van der Waals surface area contributed by atoms with Gasteiger partial charge in [-0.05, 0) is 55.9 Å². The maximum Gasteiger partial charge on any atom is 0.321 e. The molecular formula is C16H22N2O3. The van der Waals surface area contributed by atoms with Gasteiger partial charge in [0, 0.05) is 25.2 Å². The van der Waals surface area contributed by atoms with Crippen molar-refractivity contribution in [1.29, 1.82) is 0 Å². The first-order valence-electron chi connectivity index (χ1n) is 7.30. The lowest BCUT2D eigenvalue weighted by Crippen LogP contribution is -2.41. The molecule has 1 aliphatic heterocycles. The maximum atomic E-state index is 12.2. The Morgan fingerprint density at radius 3 is 2.48 bits per heavy atom. The highest BCUT2D eigenvalue weighted by Gasteiger charge is 2.24. The summed E-state index contributed by atoms with van der Waals surface area (Å²) in [6.45, 7) is 5.29. The third-order valence-electron chi connectivity index (χ3n) is 4.12. The number of anilines is 1. The summed E-state index contributed by atoms with van der Waals surface area (Å²) >= 11 is 0. The molecule has 0 bridgehead atoms. The van der Waals surface area contributed by atoms with Gasteiger partial charge in [-0.15, -0.1) is 0 Å². The van der Waals surface area contributed by atoms with E-state index >= 15 is 0 Å². The third-order valence-corrected chi connectivity index (χ3v) is 4.12. The number of hydrogen-bond acceptors (Lipinski definition) is 2. The standard InChI is InChI=1S/C16H22N2O3/c1-11-3-4-14(9-12(11)2)17-16(21)18-7-5-13(6-8-18)10-15(19)20/h3-4,9,13H,5-8,10H2,1-2H3,(H,17,21)(H,19,20). The first-order chi connectivity index (χ1) is 9.95. The zero-order valence-electron chi connectivity index (χ0n) is 12.6. The van der Waals surface area contributed by atoms with Crippen LogP contribution in [0.4, 0.5) is 10.5 Å². The van der Waals surface area contributed by atoms with E-state index < -0.39 is 5.97 Å². The second kappa shape index (κ2) is 6.61. The minimum absolute atomic E-state index is 0.105. The Labute approximate surface area is 125 Å². The fraction of sp³-hybridized carbons (Fsp3) is 0.500. The van der Waals surface area contributed by atoms with Gasteiger partial charge in [-0.3, -0.25) is 4.79 Å². The number of carbonyl (C=O) groups is 2. The Bertz CT molecular complexity index is 534. The fourth-order valence-electron chi connectivity index (χ4n) is 2.61. The smallest absolute Gasteiger partial charge is 0.321 e. The van der Waals surface area contributed by atoms with Gasteiger partial charge in [-0.1, -0.05) is 6.07 Å². The number of benzene rings is 1. The Hall–Kier alpha value is -2.04. The quantitative estimate of drug-likeness (QED) is 0.899. The molecule has 1 aromatic rings. The van der Waals surface area contributed by atoms with Gasteiger partial charge in [0.05, 0.1) is 0 Å². The molecule has 5 heteroatoms. The van der Waals surface area contributed by atoms with Crippen LogP contribution in [0.5, 0.6) is 0 Å². The lowest BCUT2D eigenvalue weighted by molar-refractivity contribution is -0.138. The van der Waals surface area contributed by atoms with Gasteiger partial charge >= 0.3 is 12.0 Å². The first kappa shape index (κ1) is 15.4. The molecule has 0 atom stereocenters. The number of hydrogen-bond donors (Lipinski definition) is 2. The average Bonchev–Trinajstić information content (AvgIpc) is 2.43. The number of piperidine rings is 1. The number of aliphatic carboxylic acids is 1. The van der Waals surface area contributed by atoms with Crippen LogP contribution in [-0.2, 0) is 4.79 Å². The van der Waals surface area contributed by atoms with Crippen molar-refractivity contribution in [3.8, 4) is 0 Å². The molecule has 0 aromatic heterocycles. The van der Waals surface area contributed by atoms with E-state index in [-0.39, 0.29) is 18.4 Å². The van der Waals surface area contributed by atoms with Crippen molar-refractivity contribution < 1.29 is 14.7 Å². The number of carboxylic acid groups (broad SMARTS) is 1.